The monoisotopic (exact) mass is 329 g/mol. The topological polar surface area (TPSA) is 67.2 Å². The predicted molar refractivity (Wildman–Crippen MR) is 94.4 cm³/mol. The van der Waals surface area contributed by atoms with Gasteiger partial charge in [-0.2, -0.15) is 5.10 Å². The van der Waals surface area contributed by atoms with Gasteiger partial charge in [0, 0.05) is 31.8 Å². The van der Waals surface area contributed by atoms with Crippen molar-refractivity contribution in [1.82, 2.24) is 15.1 Å². The molecule has 1 atom stereocenters. The molecule has 0 radical (unpaired) electrons. The van der Waals surface area contributed by atoms with Gasteiger partial charge < -0.3 is 10.4 Å². The van der Waals surface area contributed by atoms with Crippen molar-refractivity contribution in [2.24, 2.45) is 7.05 Å². The van der Waals surface area contributed by atoms with Gasteiger partial charge in [0.1, 0.15) is 0 Å². The maximum absolute atomic E-state index is 11.9. The number of carbonyl (C=O) groups is 1. The minimum absolute atomic E-state index is 0.0655. The number of nitrogens with zero attached hydrogens (tertiary/aromatic N) is 2. The summed E-state index contributed by atoms with van der Waals surface area (Å²) in [7, 11) is 1.84. The molecule has 0 aliphatic carbocycles. The fourth-order valence-electron chi connectivity index (χ4n) is 2.49. The van der Waals surface area contributed by atoms with Gasteiger partial charge in [0.15, 0.2) is 0 Å². The Morgan fingerprint density at radius 3 is 2.50 bits per heavy atom. The van der Waals surface area contributed by atoms with E-state index >= 15 is 0 Å². The minimum atomic E-state index is -0.622. The molecule has 0 bridgehead atoms. The minimum Gasteiger partial charge on any atom is -0.388 e. The smallest absolute Gasteiger partial charge is 0.220 e. The first-order chi connectivity index (χ1) is 11.3. The van der Waals surface area contributed by atoms with Crippen molar-refractivity contribution in [3.63, 3.8) is 0 Å². The highest BCUT2D eigenvalue weighted by molar-refractivity contribution is 5.75. The number of amides is 1. The second-order valence-corrected chi connectivity index (χ2v) is 7.23. The van der Waals surface area contributed by atoms with Crippen LogP contribution in [0.2, 0.25) is 0 Å². The predicted octanol–water partition coefficient (Wildman–Crippen LogP) is 2.85. The Balaban J connectivity index is 1.79. The van der Waals surface area contributed by atoms with E-state index in [4.69, 9.17) is 0 Å². The molecule has 130 valence electrons. The van der Waals surface area contributed by atoms with Crippen LogP contribution in [0.15, 0.2) is 36.7 Å². The standard InChI is InChI=1S/C19H27N3O2/c1-19(2,3)16-7-5-15(6-8-16)17(23)9-10-18(24)20-11-14-12-21-22(4)13-14/h5-8,12-13,17,23H,9-11H2,1-4H3,(H,20,24)/t17-/m0/s1. The van der Waals surface area contributed by atoms with Crippen molar-refractivity contribution < 1.29 is 9.90 Å². The van der Waals surface area contributed by atoms with Crippen LogP contribution in [0.3, 0.4) is 0 Å². The molecular weight excluding hydrogens is 302 g/mol. The number of rotatable bonds is 6. The Morgan fingerprint density at radius 1 is 1.29 bits per heavy atom. The number of nitrogens with one attached hydrogen (secondary N) is 1. The zero-order valence-electron chi connectivity index (χ0n) is 14.9. The van der Waals surface area contributed by atoms with Gasteiger partial charge in [-0.05, 0) is 23.0 Å². The van der Waals surface area contributed by atoms with E-state index in [1.165, 1.54) is 5.56 Å². The molecule has 0 saturated heterocycles. The molecule has 2 rings (SSSR count). The molecule has 2 aromatic rings. The molecule has 2 N–H and O–H groups in total. The van der Waals surface area contributed by atoms with E-state index in [0.717, 1.165) is 11.1 Å². The Labute approximate surface area is 143 Å². The van der Waals surface area contributed by atoms with E-state index in [0.29, 0.717) is 19.4 Å². The van der Waals surface area contributed by atoms with Gasteiger partial charge in [-0.25, -0.2) is 0 Å². The number of hydrogen-bond donors (Lipinski definition) is 2. The summed E-state index contributed by atoms with van der Waals surface area (Å²) in [6.07, 6.45) is 3.68. The molecule has 1 aromatic heterocycles. The largest absolute Gasteiger partial charge is 0.388 e. The molecule has 0 spiro atoms. The first-order valence-electron chi connectivity index (χ1n) is 8.28. The number of carbonyl (C=O) groups excluding carboxylic acids is 1. The van der Waals surface area contributed by atoms with E-state index in [2.05, 4.69) is 31.2 Å². The average Bonchev–Trinajstić information content (AvgIpc) is 2.95. The van der Waals surface area contributed by atoms with Crippen LogP contribution in [0.5, 0.6) is 0 Å². The number of benzene rings is 1. The lowest BCUT2D eigenvalue weighted by atomic mass is 9.86. The summed E-state index contributed by atoms with van der Waals surface area (Å²) in [5.41, 5.74) is 3.13. The van der Waals surface area contributed by atoms with E-state index in [-0.39, 0.29) is 11.3 Å². The van der Waals surface area contributed by atoms with E-state index in [1.807, 2.05) is 37.5 Å². The van der Waals surface area contributed by atoms with Gasteiger partial charge in [0.2, 0.25) is 5.91 Å². The third kappa shape index (κ3) is 5.20. The van der Waals surface area contributed by atoms with Crippen LogP contribution < -0.4 is 5.32 Å². The van der Waals surface area contributed by atoms with Crippen molar-refractivity contribution >= 4 is 5.91 Å². The highest BCUT2D eigenvalue weighted by atomic mass is 16.3. The molecule has 1 amide bonds. The number of aliphatic hydroxyl groups is 1. The maximum atomic E-state index is 11.9. The summed E-state index contributed by atoms with van der Waals surface area (Å²) in [6.45, 7) is 6.93. The van der Waals surface area contributed by atoms with Crippen molar-refractivity contribution in [3.8, 4) is 0 Å². The van der Waals surface area contributed by atoms with Gasteiger partial charge in [-0.15, -0.1) is 0 Å². The van der Waals surface area contributed by atoms with E-state index in [9.17, 15) is 9.90 Å². The van der Waals surface area contributed by atoms with Crippen molar-refractivity contribution in [2.45, 2.75) is 51.7 Å². The average molecular weight is 329 g/mol. The molecule has 0 unspecified atom stereocenters. The van der Waals surface area contributed by atoms with Crippen LogP contribution in [0.4, 0.5) is 0 Å². The Kier molecular flexibility index (Phi) is 5.78. The zero-order valence-corrected chi connectivity index (χ0v) is 14.9. The van der Waals surface area contributed by atoms with Gasteiger partial charge in [0.25, 0.3) is 0 Å². The van der Waals surface area contributed by atoms with E-state index < -0.39 is 6.10 Å². The van der Waals surface area contributed by atoms with Gasteiger partial charge >= 0.3 is 0 Å². The van der Waals surface area contributed by atoms with Crippen LogP contribution in [-0.2, 0) is 23.8 Å². The van der Waals surface area contributed by atoms with Crippen LogP contribution in [0, 0.1) is 0 Å². The lowest BCUT2D eigenvalue weighted by Crippen LogP contribution is -2.22. The molecule has 1 aromatic carbocycles. The van der Waals surface area contributed by atoms with Gasteiger partial charge in [-0.3, -0.25) is 9.48 Å². The number of aromatic nitrogens is 2. The Morgan fingerprint density at radius 2 is 1.96 bits per heavy atom. The summed E-state index contributed by atoms with van der Waals surface area (Å²) in [4.78, 5) is 11.9. The van der Waals surface area contributed by atoms with Crippen molar-refractivity contribution in [1.29, 1.82) is 0 Å². The molecule has 24 heavy (non-hydrogen) atoms. The Hall–Kier alpha value is -2.14. The fraction of sp³-hybridized carbons (Fsp3) is 0.474. The summed E-state index contributed by atoms with van der Waals surface area (Å²) in [5.74, 6) is -0.0655. The normalized spacial score (nSPS) is 12.9. The highest BCUT2D eigenvalue weighted by Gasteiger charge is 2.15. The lowest BCUT2D eigenvalue weighted by molar-refractivity contribution is -0.121. The molecule has 0 fully saturated rings. The molecule has 0 aliphatic heterocycles. The van der Waals surface area contributed by atoms with E-state index in [1.54, 1.807) is 10.9 Å². The van der Waals surface area contributed by atoms with Crippen LogP contribution in [0.25, 0.3) is 0 Å². The molecule has 5 nitrogen and oxygen atoms in total. The molecule has 5 heteroatoms. The quantitative estimate of drug-likeness (QED) is 0.856. The van der Waals surface area contributed by atoms with Crippen LogP contribution in [-0.4, -0.2) is 20.8 Å². The lowest BCUT2D eigenvalue weighted by Gasteiger charge is -2.20. The number of aliphatic hydroxyl groups excluding tert-OH is 1. The second kappa shape index (κ2) is 7.62. The molecular formula is C19H27N3O2. The second-order valence-electron chi connectivity index (χ2n) is 7.23. The van der Waals surface area contributed by atoms with Crippen molar-refractivity contribution in [2.75, 3.05) is 0 Å². The third-order valence-electron chi connectivity index (χ3n) is 4.05. The van der Waals surface area contributed by atoms with Crippen LogP contribution in [0.1, 0.15) is 56.4 Å². The van der Waals surface area contributed by atoms with Crippen LogP contribution >= 0.6 is 0 Å². The highest BCUT2D eigenvalue weighted by Crippen LogP contribution is 2.25. The molecule has 1 heterocycles. The van der Waals surface area contributed by atoms with Gasteiger partial charge in [0.05, 0.1) is 12.3 Å². The first kappa shape index (κ1) is 18.2. The van der Waals surface area contributed by atoms with Gasteiger partial charge in [-0.1, -0.05) is 45.0 Å². The summed E-state index contributed by atoms with van der Waals surface area (Å²) in [5, 5.41) is 17.2. The summed E-state index contributed by atoms with van der Waals surface area (Å²) < 4.78 is 1.70. The third-order valence-corrected chi connectivity index (χ3v) is 4.05. The molecule has 0 saturated carbocycles. The maximum Gasteiger partial charge on any atom is 0.220 e. The first-order valence-corrected chi connectivity index (χ1v) is 8.28. The number of hydrogen-bond acceptors (Lipinski definition) is 3. The Bertz CT molecular complexity index is 669. The fourth-order valence-corrected chi connectivity index (χ4v) is 2.49. The summed E-state index contributed by atoms with van der Waals surface area (Å²) in [6, 6.07) is 7.97. The number of aryl methyl sites for hydroxylation is 1. The SMILES string of the molecule is Cn1cc(CNC(=O)CC[C@H](O)c2ccc(C(C)(C)C)cc2)cn1. The van der Waals surface area contributed by atoms with Crippen molar-refractivity contribution in [3.05, 3.63) is 53.3 Å². The zero-order chi connectivity index (χ0) is 17.7. The summed E-state index contributed by atoms with van der Waals surface area (Å²) >= 11 is 0. The molecule has 0 aliphatic rings.